The number of fused-ring (bicyclic) bond motifs is 3. The summed E-state index contributed by atoms with van der Waals surface area (Å²) in [5.74, 6) is -0.756. The molecule has 3 heterocycles. The van der Waals surface area contributed by atoms with E-state index in [0.717, 1.165) is 31.5 Å². The maximum atomic E-state index is 11.2. The zero-order chi connectivity index (χ0) is 11.3. The minimum atomic E-state index is -0.756. The number of carboxylic acid groups (broad SMARTS) is 1. The minimum Gasteiger partial charge on any atom is -0.480 e. The van der Waals surface area contributed by atoms with Gasteiger partial charge in [-0.05, 0) is 25.3 Å². The number of hydrogen-bond acceptors (Lipinski definition) is 2. The summed E-state index contributed by atoms with van der Waals surface area (Å²) in [5.41, 5.74) is 4.86. The summed E-state index contributed by atoms with van der Waals surface area (Å²) in [4.78, 5) is 11.2. The average Bonchev–Trinajstić information content (AvgIpc) is 2.83. The molecule has 0 amide bonds. The third kappa shape index (κ3) is 1.16. The van der Waals surface area contributed by atoms with Gasteiger partial charge in [0.1, 0.15) is 6.04 Å². The molecule has 1 unspecified atom stereocenters. The number of hydrogen-bond donors (Lipinski definition) is 2. The monoisotopic (exact) mass is 220 g/mol. The molecule has 0 aliphatic carbocycles. The summed E-state index contributed by atoms with van der Waals surface area (Å²) in [6, 6.07) is -0.498. The molecule has 16 heavy (non-hydrogen) atoms. The Kier molecular flexibility index (Phi) is 2.07. The maximum absolute atomic E-state index is 11.2. The van der Waals surface area contributed by atoms with Crippen molar-refractivity contribution in [1.29, 1.82) is 0 Å². The van der Waals surface area contributed by atoms with Gasteiger partial charge in [-0.15, -0.1) is 0 Å². The van der Waals surface area contributed by atoms with Crippen LogP contribution in [0.2, 0.25) is 0 Å². The number of carbonyl (C=O) groups is 1. The molecular weight excluding hydrogens is 204 g/mol. The van der Waals surface area contributed by atoms with E-state index >= 15 is 0 Å². The third-order valence-corrected chi connectivity index (χ3v) is 3.84. The fourth-order valence-corrected chi connectivity index (χ4v) is 3.18. The summed E-state index contributed by atoms with van der Waals surface area (Å²) in [6.07, 6.45) is 3.26. The second kappa shape index (κ2) is 3.35. The molecule has 2 aliphatic heterocycles. The number of nitrogens with zero attached hydrogens (tertiary/aromatic N) is 1. The predicted octanol–water partition coefficient (Wildman–Crippen LogP) is 1.01. The van der Waals surface area contributed by atoms with Crippen LogP contribution in [-0.2, 0) is 24.2 Å². The van der Waals surface area contributed by atoms with Gasteiger partial charge in [0.05, 0.1) is 0 Å². The van der Waals surface area contributed by atoms with Crippen molar-refractivity contribution in [2.45, 2.75) is 38.8 Å². The van der Waals surface area contributed by atoms with E-state index in [1.165, 1.54) is 23.4 Å². The van der Waals surface area contributed by atoms with E-state index < -0.39 is 12.0 Å². The number of aliphatic carboxylic acids is 1. The Labute approximate surface area is 94.3 Å². The molecule has 86 valence electrons. The molecule has 0 fully saturated rings. The Bertz CT molecular complexity index is 462. The molecule has 1 aromatic rings. The smallest absolute Gasteiger partial charge is 0.325 e. The summed E-state index contributed by atoms with van der Waals surface area (Å²) in [7, 11) is 0. The number of nitrogens with one attached hydrogen (secondary N) is 1. The van der Waals surface area contributed by atoms with Crippen molar-refractivity contribution in [3.8, 4) is 0 Å². The van der Waals surface area contributed by atoms with E-state index in [1.54, 1.807) is 0 Å². The second-order valence-electron chi connectivity index (χ2n) is 4.66. The van der Waals surface area contributed by atoms with Crippen LogP contribution < -0.4 is 5.32 Å². The van der Waals surface area contributed by atoms with Gasteiger partial charge < -0.3 is 15.0 Å². The minimum absolute atomic E-state index is 0.498. The molecule has 2 aliphatic rings. The van der Waals surface area contributed by atoms with E-state index in [4.69, 9.17) is 0 Å². The van der Waals surface area contributed by atoms with Crippen molar-refractivity contribution in [3.63, 3.8) is 0 Å². The Morgan fingerprint density at radius 2 is 2.25 bits per heavy atom. The first-order chi connectivity index (χ1) is 7.70. The molecule has 0 saturated carbocycles. The van der Waals surface area contributed by atoms with Crippen molar-refractivity contribution in [2.24, 2.45) is 0 Å². The van der Waals surface area contributed by atoms with Gasteiger partial charge in [0.2, 0.25) is 0 Å². The van der Waals surface area contributed by atoms with Crippen LogP contribution in [0.5, 0.6) is 0 Å². The lowest BCUT2D eigenvalue weighted by Gasteiger charge is -2.23. The SMILES string of the molecule is Cc1c2c(n3c1CCC3)CCNC2C(=O)O. The molecule has 0 radical (unpaired) electrons. The quantitative estimate of drug-likeness (QED) is 0.742. The molecule has 4 heteroatoms. The Balaban J connectivity index is 2.18. The molecule has 0 saturated heterocycles. The van der Waals surface area contributed by atoms with Crippen LogP contribution in [0.25, 0.3) is 0 Å². The van der Waals surface area contributed by atoms with E-state index in [0.29, 0.717) is 0 Å². The van der Waals surface area contributed by atoms with Gasteiger partial charge >= 0.3 is 5.97 Å². The van der Waals surface area contributed by atoms with Crippen LogP contribution >= 0.6 is 0 Å². The van der Waals surface area contributed by atoms with Crippen LogP contribution in [0.15, 0.2) is 0 Å². The molecule has 0 spiro atoms. The highest BCUT2D eigenvalue weighted by molar-refractivity contribution is 5.77. The lowest BCUT2D eigenvalue weighted by Crippen LogP contribution is -2.35. The van der Waals surface area contributed by atoms with Crippen molar-refractivity contribution in [3.05, 3.63) is 22.5 Å². The summed E-state index contributed by atoms with van der Waals surface area (Å²) < 4.78 is 2.35. The molecule has 1 aromatic heterocycles. The molecule has 3 rings (SSSR count). The fraction of sp³-hybridized carbons (Fsp3) is 0.583. The average molecular weight is 220 g/mol. The van der Waals surface area contributed by atoms with Gasteiger partial charge in [0.25, 0.3) is 0 Å². The highest BCUT2D eigenvalue weighted by Crippen LogP contribution is 2.34. The van der Waals surface area contributed by atoms with Crippen molar-refractivity contribution < 1.29 is 9.90 Å². The largest absolute Gasteiger partial charge is 0.480 e. The van der Waals surface area contributed by atoms with Crippen molar-refractivity contribution >= 4 is 5.97 Å². The lowest BCUT2D eigenvalue weighted by molar-refractivity contribution is -0.139. The van der Waals surface area contributed by atoms with Crippen LogP contribution in [0.3, 0.4) is 0 Å². The van der Waals surface area contributed by atoms with E-state index in [9.17, 15) is 9.90 Å². The first-order valence-electron chi connectivity index (χ1n) is 5.87. The lowest BCUT2D eigenvalue weighted by atomic mass is 9.96. The summed E-state index contributed by atoms with van der Waals surface area (Å²) >= 11 is 0. The number of carboxylic acids is 1. The molecule has 4 nitrogen and oxygen atoms in total. The molecular formula is C12H16N2O2. The maximum Gasteiger partial charge on any atom is 0.325 e. The normalized spacial score (nSPS) is 22.9. The Hall–Kier alpha value is -1.29. The van der Waals surface area contributed by atoms with Gasteiger partial charge in [0, 0.05) is 36.5 Å². The molecule has 0 bridgehead atoms. The van der Waals surface area contributed by atoms with Crippen LogP contribution in [0.4, 0.5) is 0 Å². The first-order valence-corrected chi connectivity index (χ1v) is 5.87. The Morgan fingerprint density at radius 3 is 3.00 bits per heavy atom. The van der Waals surface area contributed by atoms with E-state index in [1.807, 2.05) is 0 Å². The Morgan fingerprint density at radius 1 is 1.44 bits per heavy atom. The zero-order valence-corrected chi connectivity index (χ0v) is 9.42. The third-order valence-electron chi connectivity index (χ3n) is 3.84. The van der Waals surface area contributed by atoms with Crippen LogP contribution in [-0.4, -0.2) is 22.2 Å². The predicted molar refractivity (Wildman–Crippen MR) is 59.6 cm³/mol. The van der Waals surface area contributed by atoms with Crippen molar-refractivity contribution in [1.82, 2.24) is 9.88 Å². The van der Waals surface area contributed by atoms with E-state index in [2.05, 4.69) is 16.8 Å². The van der Waals surface area contributed by atoms with Gasteiger partial charge in [-0.25, -0.2) is 0 Å². The molecule has 2 N–H and O–H groups in total. The summed E-state index contributed by atoms with van der Waals surface area (Å²) in [6.45, 7) is 3.91. The van der Waals surface area contributed by atoms with Crippen molar-refractivity contribution in [2.75, 3.05) is 6.54 Å². The molecule has 0 aromatic carbocycles. The van der Waals surface area contributed by atoms with Gasteiger partial charge in [-0.1, -0.05) is 0 Å². The number of aromatic nitrogens is 1. The topological polar surface area (TPSA) is 54.3 Å². The zero-order valence-electron chi connectivity index (χ0n) is 9.42. The highest BCUT2D eigenvalue weighted by Gasteiger charge is 2.33. The van der Waals surface area contributed by atoms with E-state index in [-0.39, 0.29) is 0 Å². The first kappa shape index (κ1) is 9.90. The van der Waals surface area contributed by atoms with Gasteiger partial charge in [-0.3, -0.25) is 4.79 Å². The highest BCUT2D eigenvalue weighted by atomic mass is 16.4. The van der Waals surface area contributed by atoms with Crippen LogP contribution in [0, 0.1) is 6.92 Å². The van der Waals surface area contributed by atoms with Gasteiger partial charge in [0.15, 0.2) is 0 Å². The number of rotatable bonds is 1. The fourth-order valence-electron chi connectivity index (χ4n) is 3.18. The molecule has 1 atom stereocenters. The summed E-state index contributed by atoms with van der Waals surface area (Å²) in [5, 5.41) is 12.3. The standard InChI is InChI=1S/C12H16N2O2/c1-7-8-3-2-6-14(8)9-4-5-13-11(10(7)9)12(15)16/h11,13H,2-6H2,1H3,(H,15,16). The van der Waals surface area contributed by atoms with Crippen LogP contribution in [0.1, 0.15) is 35.0 Å². The second-order valence-corrected chi connectivity index (χ2v) is 4.66. The van der Waals surface area contributed by atoms with Gasteiger partial charge in [-0.2, -0.15) is 0 Å².